The molecule has 1 aromatic carbocycles. The predicted molar refractivity (Wildman–Crippen MR) is 92.5 cm³/mol. The van der Waals surface area contributed by atoms with Gasteiger partial charge in [0, 0.05) is 13.1 Å². The number of benzene rings is 1. The van der Waals surface area contributed by atoms with Gasteiger partial charge in [0.25, 0.3) is 0 Å². The Morgan fingerprint density at radius 3 is 2.48 bits per heavy atom. The minimum absolute atomic E-state index is 0.0478. The second-order valence-corrected chi connectivity index (χ2v) is 7.64. The van der Waals surface area contributed by atoms with Gasteiger partial charge in [-0.05, 0) is 48.3 Å². The van der Waals surface area contributed by atoms with E-state index in [1.54, 1.807) is 6.08 Å². The van der Waals surface area contributed by atoms with Crippen molar-refractivity contribution in [1.29, 1.82) is 0 Å². The van der Waals surface area contributed by atoms with Crippen molar-refractivity contribution in [2.75, 3.05) is 18.0 Å². The van der Waals surface area contributed by atoms with Crippen LogP contribution in [-0.4, -0.2) is 29.1 Å². The number of urea groups is 1. The average Bonchev–Trinajstić information content (AvgIpc) is 2.53. The first-order valence-corrected chi connectivity index (χ1v) is 8.44. The number of carbonyl (C=O) groups excluding carboxylic acids is 1. The standard InChI is InChI=1S/C19H26N2O2/c1-19(2,3)15-10-12-20(13-11-15)18(23)21-16-7-5-4-6-14(16)8-9-17(21)22/h4-7,9,15,22H,8,10-13H2,1-3H3. The number of likely N-dealkylation sites (tertiary alicyclic amines) is 1. The Hall–Kier alpha value is -1.97. The lowest BCUT2D eigenvalue weighted by molar-refractivity contribution is 0.124. The summed E-state index contributed by atoms with van der Waals surface area (Å²) in [5.41, 5.74) is 2.16. The third-order valence-electron chi connectivity index (χ3n) is 5.15. The number of hydrogen-bond donors (Lipinski definition) is 1. The number of allylic oxidation sites excluding steroid dienone is 1. The van der Waals surface area contributed by atoms with Gasteiger partial charge >= 0.3 is 6.03 Å². The lowest BCUT2D eigenvalue weighted by Crippen LogP contribution is -2.48. The molecule has 0 bridgehead atoms. The van der Waals surface area contributed by atoms with Gasteiger partial charge in [-0.25, -0.2) is 9.69 Å². The van der Waals surface area contributed by atoms with Gasteiger partial charge in [0.2, 0.25) is 0 Å². The van der Waals surface area contributed by atoms with Crippen molar-refractivity contribution in [3.63, 3.8) is 0 Å². The Morgan fingerprint density at radius 2 is 1.83 bits per heavy atom. The van der Waals surface area contributed by atoms with Crippen LogP contribution in [0.25, 0.3) is 0 Å². The van der Waals surface area contributed by atoms with Crippen LogP contribution < -0.4 is 4.90 Å². The van der Waals surface area contributed by atoms with Crippen LogP contribution in [0.4, 0.5) is 10.5 Å². The van der Waals surface area contributed by atoms with Gasteiger partial charge in [-0.15, -0.1) is 0 Å². The maximum absolute atomic E-state index is 12.9. The summed E-state index contributed by atoms with van der Waals surface area (Å²) >= 11 is 0. The molecule has 0 aromatic heterocycles. The summed E-state index contributed by atoms with van der Waals surface area (Å²) in [6.07, 6.45) is 4.42. The number of amides is 2. The van der Waals surface area contributed by atoms with E-state index < -0.39 is 0 Å². The van der Waals surface area contributed by atoms with E-state index in [1.807, 2.05) is 29.2 Å². The van der Waals surface area contributed by atoms with E-state index in [9.17, 15) is 9.90 Å². The van der Waals surface area contributed by atoms with Crippen molar-refractivity contribution in [3.8, 4) is 0 Å². The number of rotatable bonds is 0. The molecule has 2 aliphatic rings. The maximum Gasteiger partial charge on any atom is 0.331 e. The summed E-state index contributed by atoms with van der Waals surface area (Å²) in [4.78, 5) is 16.3. The lowest BCUT2D eigenvalue weighted by Gasteiger charge is -2.40. The number of aliphatic hydroxyl groups excluding tert-OH is 1. The molecule has 0 aliphatic carbocycles. The zero-order chi connectivity index (χ0) is 16.6. The van der Waals surface area contributed by atoms with Gasteiger partial charge in [0.1, 0.15) is 0 Å². The second-order valence-electron chi connectivity index (χ2n) is 7.64. The number of nitrogens with zero attached hydrogens (tertiary/aromatic N) is 2. The molecule has 124 valence electrons. The molecule has 2 amide bonds. The fourth-order valence-electron chi connectivity index (χ4n) is 3.60. The summed E-state index contributed by atoms with van der Waals surface area (Å²) in [6, 6.07) is 7.66. The SMILES string of the molecule is CC(C)(C)C1CCN(C(=O)N2C(O)=CCc3ccccc32)CC1. The van der Waals surface area contributed by atoms with E-state index in [0.29, 0.717) is 12.3 Å². The van der Waals surface area contributed by atoms with Gasteiger partial charge in [0.15, 0.2) is 5.88 Å². The number of carbonyl (C=O) groups is 1. The molecule has 1 saturated heterocycles. The van der Waals surface area contributed by atoms with Crippen molar-refractivity contribution >= 4 is 11.7 Å². The van der Waals surface area contributed by atoms with Gasteiger partial charge in [0.05, 0.1) is 5.69 Å². The number of aliphatic hydroxyl groups is 1. The molecule has 3 rings (SSSR count). The Balaban J connectivity index is 1.76. The van der Waals surface area contributed by atoms with Gasteiger partial charge in [-0.2, -0.15) is 0 Å². The highest BCUT2D eigenvalue weighted by Crippen LogP contribution is 2.35. The number of fused-ring (bicyclic) bond motifs is 1. The zero-order valence-corrected chi connectivity index (χ0v) is 14.2. The molecule has 0 atom stereocenters. The first-order chi connectivity index (χ1) is 10.9. The Bertz CT molecular complexity index is 623. The van der Waals surface area contributed by atoms with Crippen molar-refractivity contribution in [2.45, 2.75) is 40.0 Å². The Morgan fingerprint density at radius 1 is 1.17 bits per heavy atom. The quantitative estimate of drug-likeness (QED) is 0.774. The van der Waals surface area contributed by atoms with Crippen LogP contribution >= 0.6 is 0 Å². The molecule has 23 heavy (non-hydrogen) atoms. The maximum atomic E-state index is 12.9. The molecule has 0 saturated carbocycles. The van der Waals surface area contributed by atoms with Crippen molar-refractivity contribution in [1.82, 2.24) is 4.90 Å². The summed E-state index contributed by atoms with van der Waals surface area (Å²) in [6.45, 7) is 8.32. The van der Waals surface area contributed by atoms with E-state index in [4.69, 9.17) is 0 Å². The highest BCUT2D eigenvalue weighted by molar-refractivity contribution is 5.96. The fraction of sp³-hybridized carbons (Fsp3) is 0.526. The summed E-state index contributed by atoms with van der Waals surface area (Å²) in [5, 5.41) is 10.2. The monoisotopic (exact) mass is 314 g/mol. The molecular weight excluding hydrogens is 288 g/mol. The molecule has 0 unspecified atom stereocenters. The van der Waals surface area contributed by atoms with Gasteiger partial charge in [-0.1, -0.05) is 39.0 Å². The topological polar surface area (TPSA) is 43.8 Å². The normalized spacial score (nSPS) is 19.3. The van der Waals surface area contributed by atoms with E-state index in [0.717, 1.165) is 37.2 Å². The zero-order valence-electron chi connectivity index (χ0n) is 14.2. The minimum Gasteiger partial charge on any atom is -0.494 e. The van der Waals surface area contributed by atoms with E-state index in [1.165, 1.54) is 4.90 Å². The largest absolute Gasteiger partial charge is 0.494 e. The summed E-state index contributed by atoms with van der Waals surface area (Å²) in [7, 11) is 0. The van der Waals surface area contributed by atoms with Crippen LogP contribution in [0, 0.1) is 11.3 Å². The molecule has 1 aromatic rings. The molecule has 0 radical (unpaired) electrons. The molecule has 2 heterocycles. The molecule has 0 spiro atoms. The summed E-state index contributed by atoms with van der Waals surface area (Å²) < 4.78 is 0. The Kier molecular flexibility index (Phi) is 4.09. The minimum atomic E-state index is -0.113. The summed E-state index contributed by atoms with van der Waals surface area (Å²) in [5.74, 6) is 0.691. The van der Waals surface area contributed by atoms with Crippen LogP contribution in [0.2, 0.25) is 0 Å². The van der Waals surface area contributed by atoms with Crippen LogP contribution in [-0.2, 0) is 6.42 Å². The van der Waals surface area contributed by atoms with Crippen LogP contribution in [0.5, 0.6) is 0 Å². The second kappa shape index (κ2) is 5.91. The van der Waals surface area contributed by atoms with Gasteiger partial charge in [-0.3, -0.25) is 0 Å². The van der Waals surface area contributed by atoms with Crippen LogP contribution in [0.15, 0.2) is 36.2 Å². The first kappa shape index (κ1) is 15.9. The number of hydrogen-bond acceptors (Lipinski definition) is 2. The lowest BCUT2D eigenvalue weighted by atomic mass is 9.75. The highest BCUT2D eigenvalue weighted by atomic mass is 16.3. The van der Waals surface area contributed by atoms with Crippen LogP contribution in [0.1, 0.15) is 39.2 Å². The first-order valence-electron chi connectivity index (χ1n) is 8.44. The fourth-order valence-corrected chi connectivity index (χ4v) is 3.60. The number of piperidine rings is 1. The molecule has 4 nitrogen and oxygen atoms in total. The predicted octanol–water partition coefficient (Wildman–Crippen LogP) is 4.33. The van der Waals surface area contributed by atoms with Crippen molar-refractivity contribution in [3.05, 3.63) is 41.8 Å². The molecule has 1 N–H and O–H groups in total. The van der Waals surface area contributed by atoms with Crippen molar-refractivity contribution < 1.29 is 9.90 Å². The molecule has 1 fully saturated rings. The van der Waals surface area contributed by atoms with Crippen molar-refractivity contribution in [2.24, 2.45) is 11.3 Å². The third kappa shape index (κ3) is 3.07. The number of anilines is 1. The smallest absolute Gasteiger partial charge is 0.331 e. The van der Waals surface area contributed by atoms with E-state index in [2.05, 4.69) is 20.8 Å². The molecule has 2 aliphatic heterocycles. The average molecular weight is 314 g/mol. The van der Waals surface area contributed by atoms with E-state index in [-0.39, 0.29) is 17.3 Å². The van der Waals surface area contributed by atoms with Gasteiger partial charge < -0.3 is 10.0 Å². The van der Waals surface area contributed by atoms with E-state index >= 15 is 0 Å². The molecule has 4 heteroatoms. The molecular formula is C19H26N2O2. The number of para-hydroxylation sites is 1. The van der Waals surface area contributed by atoms with Crippen LogP contribution in [0.3, 0.4) is 0 Å². The third-order valence-corrected chi connectivity index (χ3v) is 5.15. The highest BCUT2D eigenvalue weighted by Gasteiger charge is 2.34. The Labute approximate surface area is 138 Å².